The molecule has 4 atom stereocenters. The normalized spacial score (nSPS) is 25.8. The number of rotatable bonds is 7. The summed E-state index contributed by atoms with van der Waals surface area (Å²) < 4.78 is 29.0. The van der Waals surface area contributed by atoms with Gasteiger partial charge in [0.2, 0.25) is 12.3 Å². The zero-order chi connectivity index (χ0) is 23.0. The first-order valence-corrected chi connectivity index (χ1v) is 11.4. The molecule has 3 saturated carbocycles. The Morgan fingerprint density at radius 3 is 2.69 bits per heavy atom. The van der Waals surface area contributed by atoms with E-state index in [4.69, 9.17) is 0 Å². The topological polar surface area (TPSA) is 88.9 Å². The van der Waals surface area contributed by atoms with Crippen LogP contribution in [0.25, 0.3) is 0 Å². The van der Waals surface area contributed by atoms with Gasteiger partial charge in [0, 0.05) is 30.9 Å². The molecule has 172 valence electrons. The number of halogens is 3. The largest absolute Gasteiger partial charge is 0.379 e. The third kappa shape index (κ3) is 4.29. The summed E-state index contributed by atoms with van der Waals surface area (Å²) in [7, 11) is 0. The van der Waals surface area contributed by atoms with Crippen LogP contribution in [0.4, 0.5) is 14.5 Å². The van der Waals surface area contributed by atoms with Crippen molar-refractivity contribution in [3.05, 3.63) is 51.1 Å². The van der Waals surface area contributed by atoms with Crippen molar-refractivity contribution >= 4 is 27.5 Å². The molecular weight excluding hydrogens is 484 g/mol. The number of fused-ring (bicyclic) bond motifs is 2. The predicted molar refractivity (Wildman–Crippen MR) is 119 cm³/mol. The number of nitrogens with zero attached hydrogens (tertiary/aromatic N) is 3. The lowest BCUT2D eigenvalue weighted by molar-refractivity contribution is -0.151. The predicted octanol–water partition coefficient (Wildman–Crippen LogP) is 3.45. The molecule has 10 heteroatoms. The Labute approximate surface area is 193 Å². The number of carbonyl (C=O) groups is 1. The maximum atomic E-state index is 13.9. The van der Waals surface area contributed by atoms with Crippen molar-refractivity contribution in [1.82, 2.24) is 20.1 Å². The van der Waals surface area contributed by atoms with Crippen molar-refractivity contribution in [2.24, 2.45) is 23.2 Å². The number of pyridine rings is 1. The summed E-state index contributed by atoms with van der Waals surface area (Å²) in [4.78, 5) is 28.9. The van der Waals surface area contributed by atoms with Gasteiger partial charge in [-0.15, -0.1) is 0 Å². The Hall–Kier alpha value is -2.36. The number of aromatic nitrogens is 3. The van der Waals surface area contributed by atoms with Crippen LogP contribution in [-0.4, -0.2) is 33.1 Å². The third-order valence-corrected chi connectivity index (χ3v) is 7.93. The Morgan fingerprint density at radius 2 is 2.03 bits per heavy atom. The van der Waals surface area contributed by atoms with Gasteiger partial charge in [0.25, 0.3) is 5.56 Å². The maximum absolute atomic E-state index is 13.9. The maximum Gasteiger partial charge on any atom is 0.283 e. The highest BCUT2D eigenvalue weighted by Crippen LogP contribution is 2.62. The molecule has 0 saturated heterocycles. The minimum absolute atomic E-state index is 0.0463. The van der Waals surface area contributed by atoms with Gasteiger partial charge < -0.3 is 10.6 Å². The number of nitrogens with one attached hydrogen (secondary N) is 2. The van der Waals surface area contributed by atoms with E-state index in [9.17, 15) is 18.4 Å². The lowest BCUT2D eigenvalue weighted by atomic mass is 9.44. The summed E-state index contributed by atoms with van der Waals surface area (Å²) in [5.74, 6) is -0.800. The summed E-state index contributed by atoms with van der Waals surface area (Å²) in [6.45, 7) is 4.20. The minimum atomic E-state index is -2.44. The van der Waals surface area contributed by atoms with Crippen molar-refractivity contribution in [3.63, 3.8) is 0 Å². The zero-order valence-electron chi connectivity index (χ0n) is 17.9. The summed E-state index contributed by atoms with van der Waals surface area (Å²) in [6, 6.07) is 3.14. The summed E-state index contributed by atoms with van der Waals surface area (Å²) in [5.41, 5.74) is 0.681. The summed E-state index contributed by atoms with van der Waals surface area (Å²) in [6.07, 6.45) is 3.70. The van der Waals surface area contributed by atoms with Crippen LogP contribution in [0.15, 0.2) is 40.0 Å². The number of hydrogen-bond donors (Lipinski definition) is 2. The van der Waals surface area contributed by atoms with Crippen LogP contribution in [0.2, 0.25) is 0 Å². The number of carbonyl (C=O) groups excluding carboxylic acids is 1. The van der Waals surface area contributed by atoms with Crippen molar-refractivity contribution in [2.75, 3.05) is 5.32 Å². The summed E-state index contributed by atoms with van der Waals surface area (Å²) >= 11 is 3.27. The van der Waals surface area contributed by atoms with Crippen molar-refractivity contribution in [1.29, 1.82) is 0 Å². The monoisotopic (exact) mass is 509 g/mol. The van der Waals surface area contributed by atoms with Gasteiger partial charge in [0.15, 0.2) is 0 Å². The van der Waals surface area contributed by atoms with E-state index in [2.05, 4.69) is 50.5 Å². The second kappa shape index (κ2) is 8.88. The van der Waals surface area contributed by atoms with Crippen LogP contribution in [0, 0.1) is 23.2 Å². The van der Waals surface area contributed by atoms with Gasteiger partial charge in [-0.2, -0.15) is 5.10 Å². The van der Waals surface area contributed by atoms with Crippen molar-refractivity contribution < 1.29 is 13.6 Å². The zero-order valence-corrected chi connectivity index (χ0v) is 19.5. The fraction of sp³-hybridized carbons (Fsp3) is 0.545. The van der Waals surface area contributed by atoms with Crippen LogP contribution in [0.1, 0.15) is 32.3 Å². The Kier molecular flexibility index (Phi) is 6.33. The molecule has 5 rings (SSSR count). The van der Waals surface area contributed by atoms with Crippen molar-refractivity contribution in [3.8, 4) is 0 Å². The lowest BCUT2D eigenvalue weighted by Crippen LogP contribution is -2.61. The molecule has 1 amide bonds. The van der Waals surface area contributed by atoms with Crippen LogP contribution >= 0.6 is 15.9 Å². The van der Waals surface area contributed by atoms with Gasteiger partial charge >= 0.3 is 0 Å². The summed E-state index contributed by atoms with van der Waals surface area (Å²) in [5, 5.41) is 9.95. The minimum Gasteiger partial charge on any atom is -0.379 e. The van der Waals surface area contributed by atoms with Gasteiger partial charge in [0.05, 0.1) is 11.9 Å². The molecule has 0 unspecified atom stereocenters. The van der Waals surface area contributed by atoms with E-state index in [1.807, 2.05) is 0 Å². The van der Waals surface area contributed by atoms with Crippen LogP contribution in [0.5, 0.6) is 0 Å². The second-order valence-electron chi connectivity index (χ2n) is 9.23. The SMILES string of the molecule is CC1(C)[C@H]2C[C@@H](Nc3cnn(CC(=O)NCc4ccncc4)c(=O)c3Br)[C@H](C(F)F)[C@@H]1C2. The first-order valence-electron chi connectivity index (χ1n) is 10.6. The molecule has 2 bridgehead atoms. The van der Waals surface area contributed by atoms with Gasteiger partial charge in [-0.25, -0.2) is 13.5 Å². The number of anilines is 1. The van der Waals surface area contributed by atoms with Gasteiger partial charge in [-0.1, -0.05) is 13.8 Å². The molecule has 0 aromatic carbocycles. The molecule has 7 nitrogen and oxygen atoms in total. The molecular formula is C22H26BrF2N5O2. The van der Waals surface area contributed by atoms with E-state index in [1.165, 1.54) is 6.20 Å². The van der Waals surface area contributed by atoms with E-state index in [-0.39, 0.29) is 28.3 Å². The highest BCUT2D eigenvalue weighted by molar-refractivity contribution is 9.10. The molecule has 32 heavy (non-hydrogen) atoms. The first-order chi connectivity index (χ1) is 15.2. The fourth-order valence-corrected chi connectivity index (χ4v) is 5.55. The lowest BCUT2D eigenvalue weighted by Gasteiger charge is -2.62. The quantitative estimate of drug-likeness (QED) is 0.596. The van der Waals surface area contributed by atoms with E-state index >= 15 is 0 Å². The Balaban J connectivity index is 1.43. The van der Waals surface area contributed by atoms with Gasteiger partial charge in [-0.3, -0.25) is 14.6 Å². The van der Waals surface area contributed by atoms with E-state index in [0.29, 0.717) is 24.6 Å². The molecule has 2 N–H and O–H groups in total. The van der Waals surface area contributed by atoms with Crippen LogP contribution in [0.3, 0.4) is 0 Å². The Bertz CT molecular complexity index is 1050. The van der Waals surface area contributed by atoms with Gasteiger partial charge in [0.1, 0.15) is 11.0 Å². The average Bonchev–Trinajstić information content (AvgIpc) is 2.77. The fourth-order valence-electron chi connectivity index (χ4n) is 5.13. The molecule has 2 aromatic heterocycles. The standard InChI is InChI=1S/C22H26BrF2N5O2/c1-22(2)13-7-14(22)18(20(24)25)15(8-13)29-16-10-28-30(21(32)19(16)23)11-17(31)27-9-12-3-5-26-6-4-12/h3-6,10,13-15,18,20,29H,7-9,11H2,1-2H3,(H,27,31)/t13-,14+,15-,18-/m1/s1. The number of amides is 1. The molecule has 3 aliphatic rings. The van der Waals surface area contributed by atoms with E-state index in [0.717, 1.165) is 16.7 Å². The molecule has 0 aliphatic heterocycles. The molecule has 0 spiro atoms. The van der Waals surface area contributed by atoms with Crippen LogP contribution in [-0.2, 0) is 17.9 Å². The van der Waals surface area contributed by atoms with Crippen molar-refractivity contribution in [2.45, 2.75) is 52.2 Å². The number of hydrogen-bond acceptors (Lipinski definition) is 5. The van der Waals surface area contributed by atoms with Gasteiger partial charge in [-0.05, 0) is 63.7 Å². The van der Waals surface area contributed by atoms with E-state index < -0.39 is 23.9 Å². The highest BCUT2D eigenvalue weighted by Gasteiger charge is 2.60. The third-order valence-electron chi connectivity index (χ3n) is 7.16. The molecule has 3 fully saturated rings. The Morgan fingerprint density at radius 1 is 1.31 bits per heavy atom. The second-order valence-corrected chi connectivity index (χ2v) is 10.0. The molecule has 0 radical (unpaired) electrons. The molecule has 2 aromatic rings. The van der Waals surface area contributed by atoms with E-state index in [1.54, 1.807) is 24.5 Å². The molecule has 3 aliphatic carbocycles. The molecule has 2 heterocycles. The smallest absolute Gasteiger partial charge is 0.283 e. The average molecular weight is 510 g/mol. The first kappa shape index (κ1) is 22.8. The number of alkyl halides is 2. The van der Waals surface area contributed by atoms with Crippen LogP contribution < -0.4 is 16.2 Å². The highest BCUT2D eigenvalue weighted by atomic mass is 79.9.